The van der Waals surface area contributed by atoms with Gasteiger partial charge in [-0.1, -0.05) is 6.92 Å². The highest BCUT2D eigenvalue weighted by atomic mass is 16.1. The smallest absolute Gasteiger partial charge is 0.233 e. The Morgan fingerprint density at radius 1 is 1.50 bits per heavy atom. The van der Waals surface area contributed by atoms with Crippen molar-refractivity contribution < 1.29 is 4.79 Å². The second kappa shape index (κ2) is 7.00. The molecule has 0 atom stereocenters. The monoisotopic (exact) mass is 224 g/mol. The zero-order valence-corrected chi connectivity index (χ0v) is 9.99. The van der Waals surface area contributed by atoms with E-state index in [4.69, 9.17) is 0 Å². The van der Waals surface area contributed by atoms with Gasteiger partial charge in [-0.25, -0.2) is 0 Å². The van der Waals surface area contributed by atoms with E-state index in [1.165, 1.54) is 5.69 Å². The summed E-state index contributed by atoms with van der Waals surface area (Å²) >= 11 is 0. The van der Waals surface area contributed by atoms with Crippen LogP contribution in [0.2, 0.25) is 0 Å². The molecule has 0 aliphatic carbocycles. The Balaban J connectivity index is 2.08. The molecule has 0 unspecified atom stereocenters. The average molecular weight is 224 g/mol. The van der Waals surface area contributed by atoms with Crippen molar-refractivity contribution in [1.29, 1.82) is 0 Å². The average Bonchev–Trinajstić information content (AvgIpc) is 2.67. The molecule has 0 radical (unpaired) electrons. The minimum Gasteiger partial charge on any atom is -0.355 e. The summed E-state index contributed by atoms with van der Waals surface area (Å²) in [5.41, 5.74) is 1.17. The number of nitrogens with zero attached hydrogens (tertiary/aromatic N) is 2. The number of carbonyl (C=O) groups excluding carboxylic acids is 1. The molecule has 5 heteroatoms. The van der Waals surface area contributed by atoms with Gasteiger partial charge in [-0.3, -0.25) is 9.48 Å². The number of aromatic nitrogens is 2. The zero-order valence-electron chi connectivity index (χ0n) is 9.99. The lowest BCUT2D eigenvalue weighted by Gasteiger charge is -2.05. The topological polar surface area (TPSA) is 59.0 Å². The molecule has 1 amide bonds. The Labute approximate surface area is 96.2 Å². The fourth-order valence-electron chi connectivity index (χ4n) is 1.39. The summed E-state index contributed by atoms with van der Waals surface area (Å²) in [6, 6.07) is 1.98. The van der Waals surface area contributed by atoms with Gasteiger partial charge < -0.3 is 10.6 Å². The van der Waals surface area contributed by atoms with Gasteiger partial charge in [0.2, 0.25) is 5.91 Å². The molecular weight excluding hydrogens is 204 g/mol. The molecule has 0 spiro atoms. The van der Waals surface area contributed by atoms with E-state index in [-0.39, 0.29) is 5.91 Å². The van der Waals surface area contributed by atoms with Gasteiger partial charge in [0.1, 0.15) is 0 Å². The van der Waals surface area contributed by atoms with Crippen molar-refractivity contribution in [3.05, 3.63) is 18.0 Å². The van der Waals surface area contributed by atoms with Crippen molar-refractivity contribution in [3.63, 3.8) is 0 Å². The van der Waals surface area contributed by atoms with Gasteiger partial charge in [0.15, 0.2) is 0 Å². The minimum absolute atomic E-state index is 0.0619. The van der Waals surface area contributed by atoms with Gasteiger partial charge >= 0.3 is 0 Å². The van der Waals surface area contributed by atoms with E-state index in [0.717, 1.165) is 25.9 Å². The number of hydrogen-bond donors (Lipinski definition) is 2. The van der Waals surface area contributed by atoms with E-state index in [1.54, 1.807) is 6.20 Å². The Kier molecular flexibility index (Phi) is 5.56. The summed E-state index contributed by atoms with van der Waals surface area (Å²) < 4.78 is 1.85. The number of aryl methyl sites for hydroxylation is 1. The summed E-state index contributed by atoms with van der Waals surface area (Å²) in [6.07, 6.45) is 3.64. The molecule has 90 valence electrons. The van der Waals surface area contributed by atoms with Crippen molar-refractivity contribution >= 4 is 5.91 Å². The number of hydrogen-bond acceptors (Lipinski definition) is 3. The highest BCUT2D eigenvalue weighted by Crippen LogP contribution is 1.95. The maximum absolute atomic E-state index is 11.2. The van der Waals surface area contributed by atoms with E-state index in [2.05, 4.69) is 15.7 Å². The van der Waals surface area contributed by atoms with Crippen molar-refractivity contribution in [2.45, 2.75) is 19.8 Å². The van der Waals surface area contributed by atoms with Crippen LogP contribution in [0.15, 0.2) is 12.3 Å². The van der Waals surface area contributed by atoms with Gasteiger partial charge in [0, 0.05) is 38.4 Å². The summed E-state index contributed by atoms with van der Waals surface area (Å²) in [4.78, 5) is 11.2. The first-order valence-corrected chi connectivity index (χ1v) is 5.68. The van der Waals surface area contributed by atoms with Gasteiger partial charge in [-0.05, 0) is 12.5 Å². The predicted octanol–water partition coefficient (Wildman–Crippen LogP) is 0.0784. The summed E-state index contributed by atoms with van der Waals surface area (Å²) in [5.74, 6) is 0.0619. The van der Waals surface area contributed by atoms with Crippen molar-refractivity contribution in [1.82, 2.24) is 20.4 Å². The molecule has 5 nitrogen and oxygen atoms in total. The lowest BCUT2D eigenvalue weighted by atomic mass is 10.3. The Hall–Kier alpha value is -1.36. The van der Waals surface area contributed by atoms with E-state index >= 15 is 0 Å². The summed E-state index contributed by atoms with van der Waals surface area (Å²) in [7, 11) is 1.92. The summed E-state index contributed by atoms with van der Waals surface area (Å²) in [6.45, 7) is 3.97. The maximum atomic E-state index is 11.2. The van der Waals surface area contributed by atoms with Crippen molar-refractivity contribution in [2.24, 2.45) is 7.05 Å². The molecule has 2 N–H and O–H groups in total. The van der Waals surface area contributed by atoms with Crippen molar-refractivity contribution in [3.8, 4) is 0 Å². The highest BCUT2D eigenvalue weighted by molar-refractivity contribution is 5.77. The first kappa shape index (κ1) is 12.7. The molecule has 1 heterocycles. The molecule has 0 aliphatic heterocycles. The first-order chi connectivity index (χ1) is 7.74. The van der Waals surface area contributed by atoms with E-state index in [9.17, 15) is 4.79 Å². The second-order valence-corrected chi connectivity index (χ2v) is 3.72. The number of rotatable bonds is 7. The van der Waals surface area contributed by atoms with Gasteiger partial charge in [0.25, 0.3) is 0 Å². The molecule has 0 aliphatic rings. The van der Waals surface area contributed by atoms with Gasteiger partial charge in [-0.15, -0.1) is 0 Å². The molecule has 0 bridgehead atoms. The first-order valence-electron chi connectivity index (χ1n) is 5.68. The minimum atomic E-state index is 0.0619. The molecule has 0 saturated heterocycles. The molecule has 0 saturated carbocycles. The third kappa shape index (κ3) is 4.44. The van der Waals surface area contributed by atoms with Crippen LogP contribution in [0.5, 0.6) is 0 Å². The van der Waals surface area contributed by atoms with Gasteiger partial charge in [0.05, 0.1) is 6.54 Å². The molecule has 1 aromatic rings. The molecule has 1 rings (SSSR count). The SMILES string of the molecule is CCCNC(=O)CNCCc1ccnn1C. The lowest BCUT2D eigenvalue weighted by Crippen LogP contribution is -2.35. The summed E-state index contributed by atoms with van der Waals surface area (Å²) in [5, 5.41) is 10.0. The zero-order chi connectivity index (χ0) is 11.8. The van der Waals surface area contributed by atoms with E-state index in [1.807, 2.05) is 24.7 Å². The molecule has 1 aromatic heterocycles. The molecule has 16 heavy (non-hydrogen) atoms. The second-order valence-electron chi connectivity index (χ2n) is 3.72. The van der Waals surface area contributed by atoms with E-state index in [0.29, 0.717) is 6.54 Å². The number of carbonyl (C=O) groups is 1. The Bertz CT molecular complexity index is 322. The van der Waals surface area contributed by atoms with Crippen LogP contribution in [0.25, 0.3) is 0 Å². The fourth-order valence-corrected chi connectivity index (χ4v) is 1.39. The van der Waals surface area contributed by atoms with Crippen LogP contribution < -0.4 is 10.6 Å². The van der Waals surface area contributed by atoms with Crippen LogP contribution in [0.4, 0.5) is 0 Å². The van der Waals surface area contributed by atoms with Crippen LogP contribution in [-0.2, 0) is 18.3 Å². The Morgan fingerprint density at radius 3 is 2.94 bits per heavy atom. The van der Waals surface area contributed by atoms with Crippen LogP contribution in [0.3, 0.4) is 0 Å². The normalized spacial score (nSPS) is 10.4. The molecular formula is C11H20N4O. The third-order valence-corrected chi connectivity index (χ3v) is 2.34. The molecule has 0 fully saturated rings. The lowest BCUT2D eigenvalue weighted by molar-refractivity contribution is -0.120. The predicted molar refractivity (Wildman–Crippen MR) is 63.1 cm³/mol. The van der Waals surface area contributed by atoms with Gasteiger partial charge in [-0.2, -0.15) is 5.10 Å². The van der Waals surface area contributed by atoms with Crippen LogP contribution in [0, 0.1) is 0 Å². The standard InChI is InChI=1S/C11H20N4O/c1-3-6-13-11(16)9-12-7-4-10-5-8-14-15(10)2/h5,8,12H,3-4,6-7,9H2,1-2H3,(H,13,16). The van der Waals surface area contributed by atoms with Crippen molar-refractivity contribution in [2.75, 3.05) is 19.6 Å². The Morgan fingerprint density at radius 2 is 2.31 bits per heavy atom. The number of nitrogens with one attached hydrogen (secondary N) is 2. The van der Waals surface area contributed by atoms with Crippen LogP contribution >= 0.6 is 0 Å². The maximum Gasteiger partial charge on any atom is 0.233 e. The molecule has 0 aromatic carbocycles. The van der Waals surface area contributed by atoms with Crippen LogP contribution in [-0.4, -0.2) is 35.3 Å². The fraction of sp³-hybridized carbons (Fsp3) is 0.636. The van der Waals surface area contributed by atoms with Crippen LogP contribution in [0.1, 0.15) is 19.0 Å². The van der Waals surface area contributed by atoms with E-state index < -0.39 is 0 Å². The highest BCUT2D eigenvalue weighted by Gasteiger charge is 2.00. The largest absolute Gasteiger partial charge is 0.355 e. The third-order valence-electron chi connectivity index (χ3n) is 2.34. The quantitative estimate of drug-likeness (QED) is 0.645. The number of amides is 1.